The highest BCUT2D eigenvalue weighted by Crippen LogP contribution is 2.32. The quantitative estimate of drug-likeness (QED) is 0.800. The highest BCUT2D eigenvalue weighted by atomic mass is 16.3. The van der Waals surface area contributed by atoms with Crippen molar-refractivity contribution in [1.82, 2.24) is 10.3 Å². The Bertz CT molecular complexity index is 577. The zero-order chi connectivity index (χ0) is 14.0. The van der Waals surface area contributed by atoms with Gasteiger partial charge in [0.25, 0.3) is 0 Å². The summed E-state index contributed by atoms with van der Waals surface area (Å²) >= 11 is 0. The molecule has 2 unspecified atom stereocenters. The second-order valence-corrected chi connectivity index (χ2v) is 6.39. The molecule has 1 aliphatic carbocycles. The molecule has 3 rings (SSSR count). The first kappa shape index (κ1) is 13.7. The molecule has 0 bridgehead atoms. The number of rotatable bonds is 4. The van der Waals surface area contributed by atoms with E-state index in [1.54, 1.807) is 0 Å². The van der Waals surface area contributed by atoms with Crippen LogP contribution in [0.4, 0.5) is 0 Å². The highest BCUT2D eigenvalue weighted by molar-refractivity contribution is 5.79. The Morgan fingerprint density at radius 3 is 3.10 bits per heavy atom. The molecule has 1 heterocycles. The minimum Gasteiger partial charge on any atom is -0.394 e. The van der Waals surface area contributed by atoms with E-state index in [9.17, 15) is 5.11 Å². The average Bonchev–Trinajstić information content (AvgIpc) is 2.93. The molecule has 2 aromatic rings. The monoisotopic (exact) mass is 272 g/mol. The van der Waals surface area contributed by atoms with Gasteiger partial charge in [-0.1, -0.05) is 31.9 Å². The van der Waals surface area contributed by atoms with Gasteiger partial charge in [0.15, 0.2) is 0 Å². The Morgan fingerprint density at radius 1 is 1.40 bits per heavy atom. The van der Waals surface area contributed by atoms with Gasteiger partial charge >= 0.3 is 0 Å². The lowest BCUT2D eigenvalue weighted by atomic mass is 9.77. The van der Waals surface area contributed by atoms with Crippen LogP contribution in [0.1, 0.15) is 38.2 Å². The zero-order valence-electron chi connectivity index (χ0n) is 12.2. The summed E-state index contributed by atoms with van der Waals surface area (Å²) in [7, 11) is 0. The molecule has 1 aromatic heterocycles. The van der Waals surface area contributed by atoms with Crippen LogP contribution in [0.25, 0.3) is 10.9 Å². The van der Waals surface area contributed by atoms with Crippen LogP contribution in [-0.2, 0) is 6.54 Å². The number of benzene rings is 1. The van der Waals surface area contributed by atoms with E-state index in [2.05, 4.69) is 41.5 Å². The van der Waals surface area contributed by atoms with Crippen molar-refractivity contribution >= 4 is 10.9 Å². The first-order valence-corrected chi connectivity index (χ1v) is 7.63. The molecule has 1 aliphatic rings. The van der Waals surface area contributed by atoms with Gasteiger partial charge in [0.05, 0.1) is 6.61 Å². The van der Waals surface area contributed by atoms with Gasteiger partial charge in [-0.2, -0.15) is 0 Å². The number of nitrogens with one attached hydrogen (secondary N) is 2. The fourth-order valence-electron chi connectivity index (χ4n) is 3.51. The van der Waals surface area contributed by atoms with Gasteiger partial charge in [0.1, 0.15) is 0 Å². The van der Waals surface area contributed by atoms with E-state index < -0.39 is 0 Å². The normalized spacial score (nSPS) is 27.0. The standard InChI is InChI=1S/C17H24N2O/c1-13-3-2-7-17(10-13,12-20)19-11-14-4-5-15-6-8-18-16(15)9-14/h4-6,8-9,13,18-20H,2-3,7,10-12H2,1H3. The summed E-state index contributed by atoms with van der Waals surface area (Å²) < 4.78 is 0. The molecule has 3 heteroatoms. The lowest BCUT2D eigenvalue weighted by molar-refractivity contribution is 0.0982. The molecule has 2 atom stereocenters. The Labute approximate surface area is 120 Å². The van der Waals surface area contributed by atoms with Crippen molar-refractivity contribution in [2.24, 2.45) is 5.92 Å². The molecule has 108 valence electrons. The lowest BCUT2D eigenvalue weighted by Gasteiger charge is -2.39. The van der Waals surface area contributed by atoms with Crippen LogP contribution in [0.3, 0.4) is 0 Å². The molecular formula is C17H24N2O. The summed E-state index contributed by atoms with van der Waals surface area (Å²) in [5, 5.41) is 14.7. The fraction of sp³-hybridized carbons (Fsp3) is 0.529. The number of hydrogen-bond acceptors (Lipinski definition) is 2. The molecule has 0 radical (unpaired) electrons. The molecule has 3 nitrogen and oxygen atoms in total. The number of aromatic amines is 1. The summed E-state index contributed by atoms with van der Waals surface area (Å²) in [5.41, 5.74) is 2.37. The molecule has 1 saturated carbocycles. The van der Waals surface area contributed by atoms with Crippen molar-refractivity contribution < 1.29 is 5.11 Å². The van der Waals surface area contributed by atoms with Crippen molar-refractivity contribution in [1.29, 1.82) is 0 Å². The SMILES string of the molecule is CC1CCCC(CO)(NCc2ccc3cc[nH]c3c2)C1. The molecule has 20 heavy (non-hydrogen) atoms. The maximum atomic E-state index is 9.81. The van der Waals surface area contributed by atoms with Crippen molar-refractivity contribution in [2.75, 3.05) is 6.61 Å². The molecular weight excluding hydrogens is 248 g/mol. The Hall–Kier alpha value is -1.32. The van der Waals surface area contributed by atoms with Gasteiger partial charge in [-0.25, -0.2) is 0 Å². The summed E-state index contributed by atoms with van der Waals surface area (Å²) in [6.45, 7) is 3.35. The van der Waals surface area contributed by atoms with Gasteiger partial charge in [-0.05, 0) is 41.8 Å². The highest BCUT2D eigenvalue weighted by Gasteiger charge is 2.33. The first-order valence-electron chi connectivity index (χ1n) is 7.63. The first-order chi connectivity index (χ1) is 9.71. The van der Waals surface area contributed by atoms with Crippen molar-refractivity contribution in [2.45, 2.75) is 44.7 Å². The second kappa shape index (κ2) is 5.58. The minimum atomic E-state index is -0.0810. The Morgan fingerprint density at radius 2 is 2.30 bits per heavy atom. The number of aromatic nitrogens is 1. The summed E-state index contributed by atoms with van der Waals surface area (Å²) in [4.78, 5) is 3.25. The predicted octanol–water partition coefficient (Wildman–Crippen LogP) is 3.20. The second-order valence-electron chi connectivity index (χ2n) is 6.39. The van der Waals surface area contributed by atoms with Crippen LogP contribution in [0.2, 0.25) is 0 Å². The van der Waals surface area contributed by atoms with Crippen LogP contribution in [0.5, 0.6) is 0 Å². The van der Waals surface area contributed by atoms with Crippen molar-refractivity contribution in [3.8, 4) is 0 Å². The van der Waals surface area contributed by atoms with E-state index in [-0.39, 0.29) is 12.1 Å². The maximum absolute atomic E-state index is 9.81. The fourth-order valence-corrected chi connectivity index (χ4v) is 3.51. The summed E-state index contributed by atoms with van der Waals surface area (Å²) in [5.74, 6) is 0.703. The number of aliphatic hydroxyl groups is 1. The summed E-state index contributed by atoms with van der Waals surface area (Å²) in [6, 6.07) is 8.60. The van der Waals surface area contributed by atoms with Gasteiger partial charge in [0, 0.05) is 23.8 Å². The third kappa shape index (κ3) is 2.74. The van der Waals surface area contributed by atoms with Crippen molar-refractivity contribution in [3.63, 3.8) is 0 Å². The van der Waals surface area contributed by atoms with E-state index in [1.165, 1.54) is 29.3 Å². The third-order valence-corrected chi connectivity index (χ3v) is 4.68. The topological polar surface area (TPSA) is 48.0 Å². The number of fused-ring (bicyclic) bond motifs is 1. The van der Waals surface area contributed by atoms with Crippen LogP contribution < -0.4 is 5.32 Å². The van der Waals surface area contributed by atoms with Gasteiger partial charge in [-0.15, -0.1) is 0 Å². The number of H-pyrrole nitrogens is 1. The summed E-state index contributed by atoms with van der Waals surface area (Å²) in [6.07, 6.45) is 6.63. The van der Waals surface area contributed by atoms with E-state index in [0.717, 1.165) is 19.4 Å². The average molecular weight is 272 g/mol. The molecule has 0 amide bonds. The molecule has 1 aromatic carbocycles. The molecule has 0 aliphatic heterocycles. The lowest BCUT2D eigenvalue weighted by Crippen LogP contribution is -2.51. The van der Waals surface area contributed by atoms with E-state index in [0.29, 0.717) is 5.92 Å². The smallest absolute Gasteiger partial charge is 0.0613 e. The largest absolute Gasteiger partial charge is 0.394 e. The van der Waals surface area contributed by atoms with Crippen LogP contribution in [0.15, 0.2) is 30.5 Å². The molecule has 0 saturated heterocycles. The van der Waals surface area contributed by atoms with Gasteiger partial charge in [0.2, 0.25) is 0 Å². The van der Waals surface area contributed by atoms with Gasteiger partial charge in [-0.3, -0.25) is 0 Å². The Balaban J connectivity index is 1.70. The van der Waals surface area contributed by atoms with Crippen LogP contribution in [0, 0.1) is 5.92 Å². The predicted molar refractivity (Wildman–Crippen MR) is 82.6 cm³/mol. The van der Waals surface area contributed by atoms with Crippen LogP contribution >= 0.6 is 0 Å². The molecule has 1 fully saturated rings. The number of hydrogen-bond donors (Lipinski definition) is 3. The van der Waals surface area contributed by atoms with Crippen LogP contribution in [-0.4, -0.2) is 22.2 Å². The third-order valence-electron chi connectivity index (χ3n) is 4.68. The Kier molecular flexibility index (Phi) is 3.81. The van der Waals surface area contributed by atoms with E-state index >= 15 is 0 Å². The molecule has 3 N–H and O–H groups in total. The van der Waals surface area contributed by atoms with E-state index in [4.69, 9.17) is 0 Å². The molecule has 0 spiro atoms. The minimum absolute atomic E-state index is 0.0810. The number of aliphatic hydroxyl groups excluding tert-OH is 1. The van der Waals surface area contributed by atoms with Gasteiger partial charge < -0.3 is 15.4 Å². The maximum Gasteiger partial charge on any atom is 0.0613 e. The zero-order valence-corrected chi connectivity index (χ0v) is 12.2. The van der Waals surface area contributed by atoms with Crippen molar-refractivity contribution in [3.05, 3.63) is 36.0 Å². The van der Waals surface area contributed by atoms with E-state index in [1.807, 2.05) is 6.20 Å².